The summed E-state index contributed by atoms with van der Waals surface area (Å²) in [6.07, 6.45) is 4.87. The Hall–Kier alpha value is -2.17. The Labute approximate surface area is 91.4 Å². The molecule has 0 atom stereocenters. The van der Waals surface area contributed by atoms with E-state index in [0.29, 0.717) is 11.1 Å². The molecule has 0 radical (unpaired) electrons. The van der Waals surface area contributed by atoms with Crippen molar-refractivity contribution in [2.45, 2.75) is 13.3 Å². The number of fused-ring (bicyclic) bond motifs is 1. The fourth-order valence-corrected chi connectivity index (χ4v) is 1.32. The molecule has 0 saturated heterocycles. The highest BCUT2D eigenvalue weighted by atomic mass is 16.5. The van der Waals surface area contributed by atoms with Crippen LogP contribution in [0.5, 0.6) is 5.75 Å². The lowest BCUT2D eigenvalue weighted by atomic mass is 10.3. The van der Waals surface area contributed by atoms with E-state index >= 15 is 0 Å². The minimum atomic E-state index is -0.841. The molecular formula is C11H10N2O3. The highest BCUT2D eigenvalue weighted by Crippen LogP contribution is 2.24. The lowest BCUT2D eigenvalue weighted by Gasteiger charge is -1.99. The number of ether oxygens (including phenoxy) is 1. The van der Waals surface area contributed by atoms with Crippen LogP contribution < -0.4 is 4.74 Å². The summed E-state index contributed by atoms with van der Waals surface area (Å²) in [5.41, 5.74) is 0.807. The van der Waals surface area contributed by atoms with E-state index in [-0.39, 0.29) is 6.42 Å². The van der Waals surface area contributed by atoms with Crippen molar-refractivity contribution in [1.29, 1.82) is 0 Å². The van der Waals surface area contributed by atoms with E-state index in [1.807, 2.05) is 0 Å². The SMILES string of the molecule is CCC(=O)C(=O)Oc1c[nH]c2ccncc12. The summed E-state index contributed by atoms with van der Waals surface area (Å²) in [6.45, 7) is 1.61. The van der Waals surface area contributed by atoms with Crippen molar-refractivity contribution >= 4 is 22.7 Å². The maximum absolute atomic E-state index is 11.3. The van der Waals surface area contributed by atoms with Crippen LogP contribution in [0.15, 0.2) is 24.7 Å². The van der Waals surface area contributed by atoms with Crippen LogP contribution in [0.25, 0.3) is 10.9 Å². The van der Waals surface area contributed by atoms with E-state index in [1.165, 1.54) is 6.20 Å². The third kappa shape index (κ3) is 1.79. The lowest BCUT2D eigenvalue weighted by Crippen LogP contribution is -2.18. The van der Waals surface area contributed by atoms with E-state index in [9.17, 15) is 9.59 Å². The molecule has 2 aromatic heterocycles. The number of hydrogen-bond donors (Lipinski definition) is 1. The van der Waals surface area contributed by atoms with Gasteiger partial charge in [0.2, 0.25) is 5.78 Å². The van der Waals surface area contributed by atoms with Gasteiger partial charge in [0.1, 0.15) is 0 Å². The molecule has 5 nitrogen and oxygen atoms in total. The van der Waals surface area contributed by atoms with Crippen LogP contribution in [-0.2, 0) is 9.59 Å². The normalized spacial score (nSPS) is 10.3. The fourth-order valence-electron chi connectivity index (χ4n) is 1.32. The molecule has 0 bridgehead atoms. The first kappa shape index (κ1) is 10.4. The number of pyridine rings is 1. The predicted octanol–water partition coefficient (Wildman–Crippen LogP) is 1.45. The summed E-state index contributed by atoms with van der Waals surface area (Å²) in [4.78, 5) is 29.2. The summed E-state index contributed by atoms with van der Waals surface area (Å²) in [5, 5.41) is 0.680. The average molecular weight is 218 g/mol. The Bertz CT molecular complexity index is 545. The summed E-state index contributed by atoms with van der Waals surface area (Å²) < 4.78 is 4.96. The zero-order valence-electron chi connectivity index (χ0n) is 8.69. The van der Waals surface area contributed by atoms with Gasteiger partial charge in [0, 0.05) is 25.0 Å². The van der Waals surface area contributed by atoms with Crippen molar-refractivity contribution in [1.82, 2.24) is 9.97 Å². The molecule has 2 heterocycles. The zero-order valence-corrected chi connectivity index (χ0v) is 8.69. The third-order valence-electron chi connectivity index (χ3n) is 2.20. The van der Waals surface area contributed by atoms with Crippen LogP contribution >= 0.6 is 0 Å². The molecule has 1 N–H and O–H groups in total. The van der Waals surface area contributed by atoms with Crippen molar-refractivity contribution in [2.24, 2.45) is 0 Å². The first-order valence-corrected chi connectivity index (χ1v) is 4.88. The second-order valence-electron chi connectivity index (χ2n) is 3.24. The molecule has 0 aliphatic carbocycles. The average Bonchev–Trinajstić information content (AvgIpc) is 2.72. The van der Waals surface area contributed by atoms with Gasteiger partial charge in [0.05, 0.1) is 10.9 Å². The van der Waals surface area contributed by atoms with Gasteiger partial charge in [-0.15, -0.1) is 0 Å². The molecule has 0 aromatic carbocycles. The Balaban J connectivity index is 2.28. The van der Waals surface area contributed by atoms with Gasteiger partial charge in [-0.25, -0.2) is 4.79 Å². The molecule has 0 amide bonds. The quantitative estimate of drug-likeness (QED) is 0.625. The maximum atomic E-state index is 11.3. The van der Waals surface area contributed by atoms with Gasteiger partial charge >= 0.3 is 5.97 Å². The number of nitrogens with zero attached hydrogens (tertiary/aromatic N) is 1. The smallest absolute Gasteiger partial charge is 0.380 e. The summed E-state index contributed by atoms with van der Waals surface area (Å²) in [5.74, 6) is -1.06. The standard InChI is InChI=1S/C11H10N2O3/c1-2-9(14)11(15)16-10-6-13-8-3-4-12-5-7(8)10/h3-6,13H,2H2,1H3. The molecule has 0 saturated carbocycles. The Morgan fingerprint density at radius 1 is 1.50 bits per heavy atom. The summed E-state index contributed by atoms with van der Waals surface area (Å²) in [6, 6.07) is 1.76. The number of Topliss-reactive ketones (excluding diaryl/α,β-unsaturated/α-hetero) is 1. The molecule has 0 aliphatic heterocycles. The van der Waals surface area contributed by atoms with Gasteiger partial charge in [-0.1, -0.05) is 6.92 Å². The summed E-state index contributed by atoms with van der Waals surface area (Å²) in [7, 11) is 0. The molecular weight excluding hydrogens is 208 g/mol. The van der Waals surface area contributed by atoms with Crippen molar-refractivity contribution in [3.05, 3.63) is 24.7 Å². The first-order valence-electron chi connectivity index (χ1n) is 4.88. The molecule has 16 heavy (non-hydrogen) atoms. The van der Waals surface area contributed by atoms with E-state index in [2.05, 4.69) is 9.97 Å². The molecule has 5 heteroatoms. The van der Waals surface area contributed by atoms with Gasteiger partial charge in [-0.2, -0.15) is 0 Å². The van der Waals surface area contributed by atoms with Crippen LogP contribution in [0, 0.1) is 0 Å². The topological polar surface area (TPSA) is 72.1 Å². The van der Waals surface area contributed by atoms with Crippen LogP contribution in [-0.4, -0.2) is 21.7 Å². The number of aromatic amines is 1. The Morgan fingerprint density at radius 3 is 3.06 bits per heavy atom. The molecule has 0 aliphatic rings. The van der Waals surface area contributed by atoms with Gasteiger partial charge in [-0.3, -0.25) is 9.78 Å². The molecule has 82 valence electrons. The lowest BCUT2D eigenvalue weighted by molar-refractivity contribution is -0.146. The number of hydrogen-bond acceptors (Lipinski definition) is 4. The van der Waals surface area contributed by atoms with Crippen LogP contribution in [0.3, 0.4) is 0 Å². The highest BCUT2D eigenvalue weighted by Gasteiger charge is 2.15. The number of aromatic nitrogens is 2. The largest absolute Gasteiger partial charge is 0.418 e. The van der Waals surface area contributed by atoms with Crippen molar-refractivity contribution < 1.29 is 14.3 Å². The highest BCUT2D eigenvalue weighted by molar-refractivity contribution is 6.34. The second kappa shape index (κ2) is 4.14. The third-order valence-corrected chi connectivity index (χ3v) is 2.20. The van der Waals surface area contributed by atoms with Gasteiger partial charge in [-0.05, 0) is 6.07 Å². The predicted molar refractivity (Wildman–Crippen MR) is 57.0 cm³/mol. The maximum Gasteiger partial charge on any atom is 0.380 e. The van der Waals surface area contributed by atoms with E-state index in [0.717, 1.165) is 5.52 Å². The number of ketones is 1. The van der Waals surface area contributed by atoms with Crippen LogP contribution in [0.2, 0.25) is 0 Å². The molecule has 0 fully saturated rings. The van der Waals surface area contributed by atoms with Crippen molar-refractivity contribution in [3.63, 3.8) is 0 Å². The zero-order chi connectivity index (χ0) is 11.5. The van der Waals surface area contributed by atoms with Crippen LogP contribution in [0.1, 0.15) is 13.3 Å². The van der Waals surface area contributed by atoms with Gasteiger partial charge < -0.3 is 9.72 Å². The summed E-state index contributed by atoms with van der Waals surface area (Å²) >= 11 is 0. The number of esters is 1. The molecule has 0 unspecified atom stereocenters. The van der Waals surface area contributed by atoms with Crippen molar-refractivity contribution in [3.8, 4) is 5.75 Å². The Morgan fingerprint density at radius 2 is 2.31 bits per heavy atom. The molecule has 0 spiro atoms. The number of carbonyl (C=O) groups is 2. The van der Waals surface area contributed by atoms with Crippen molar-refractivity contribution in [2.75, 3.05) is 0 Å². The number of H-pyrrole nitrogens is 1. The monoisotopic (exact) mass is 218 g/mol. The van der Waals surface area contributed by atoms with Crippen LogP contribution in [0.4, 0.5) is 0 Å². The van der Waals surface area contributed by atoms with Gasteiger partial charge in [0.25, 0.3) is 0 Å². The fraction of sp³-hybridized carbons (Fsp3) is 0.182. The van der Waals surface area contributed by atoms with Gasteiger partial charge in [0.15, 0.2) is 5.75 Å². The molecule has 2 rings (SSSR count). The minimum Gasteiger partial charge on any atom is -0.418 e. The second-order valence-corrected chi connectivity index (χ2v) is 3.24. The number of nitrogens with one attached hydrogen (secondary N) is 1. The minimum absolute atomic E-state index is 0.138. The van der Waals surface area contributed by atoms with E-state index in [1.54, 1.807) is 25.4 Å². The first-order chi connectivity index (χ1) is 7.72. The Kier molecular flexibility index (Phi) is 2.68. The number of rotatable bonds is 3. The molecule has 2 aromatic rings. The van der Waals surface area contributed by atoms with E-state index < -0.39 is 11.8 Å². The number of carbonyl (C=O) groups excluding carboxylic acids is 2. The van der Waals surface area contributed by atoms with E-state index in [4.69, 9.17) is 4.74 Å².